The lowest BCUT2D eigenvalue weighted by molar-refractivity contribution is -0.142. The zero-order chi connectivity index (χ0) is 23.1. The van der Waals surface area contributed by atoms with Gasteiger partial charge in [-0.3, -0.25) is 9.59 Å². The van der Waals surface area contributed by atoms with Crippen molar-refractivity contribution in [3.8, 4) is 5.75 Å². The Balaban J connectivity index is 1.75. The summed E-state index contributed by atoms with van der Waals surface area (Å²) in [4.78, 5) is 27.7. The van der Waals surface area contributed by atoms with Gasteiger partial charge in [-0.25, -0.2) is 0 Å². The van der Waals surface area contributed by atoms with Gasteiger partial charge in [-0.15, -0.1) is 0 Å². The lowest BCUT2D eigenvalue weighted by Gasteiger charge is -2.31. The van der Waals surface area contributed by atoms with Crippen molar-refractivity contribution in [1.82, 2.24) is 10.2 Å². The van der Waals surface area contributed by atoms with Crippen LogP contribution in [0.4, 0.5) is 0 Å². The first-order valence-electron chi connectivity index (χ1n) is 11.1. The molecule has 172 valence electrons. The largest absolute Gasteiger partial charge is 0.484 e. The second-order valence-electron chi connectivity index (χ2n) is 8.33. The molecular weight excluding hydrogens is 447 g/mol. The van der Waals surface area contributed by atoms with Gasteiger partial charge in [0, 0.05) is 22.6 Å². The van der Waals surface area contributed by atoms with Gasteiger partial charge in [0.25, 0.3) is 5.91 Å². The van der Waals surface area contributed by atoms with Gasteiger partial charge in [0.05, 0.1) is 0 Å². The summed E-state index contributed by atoms with van der Waals surface area (Å²) in [5, 5.41) is 4.09. The molecule has 2 aromatic rings. The minimum atomic E-state index is -0.670. The molecule has 1 aliphatic rings. The van der Waals surface area contributed by atoms with E-state index in [1.54, 1.807) is 25.1 Å². The fourth-order valence-electron chi connectivity index (χ4n) is 3.93. The molecule has 7 heteroatoms. The summed E-state index contributed by atoms with van der Waals surface area (Å²) in [6.07, 6.45) is 5.40. The normalized spacial score (nSPS) is 15.1. The maximum atomic E-state index is 13.2. The summed E-state index contributed by atoms with van der Waals surface area (Å²) < 4.78 is 5.77. The lowest BCUT2D eigenvalue weighted by Crippen LogP contribution is -2.51. The number of aryl methyl sites for hydroxylation is 1. The molecule has 32 heavy (non-hydrogen) atoms. The van der Waals surface area contributed by atoms with Crippen LogP contribution in [0.3, 0.4) is 0 Å². The fraction of sp³-hybridized carbons (Fsp3) is 0.440. The Hall–Kier alpha value is -2.24. The van der Waals surface area contributed by atoms with E-state index in [0.29, 0.717) is 15.8 Å². The van der Waals surface area contributed by atoms with Gasteiger partial charge < -0.3 is 15.0 Å². The topological polar surface area (TPSA) is 58.6 Å². The number of nitrogens with one attached hydrogen (secondary N) is 1. The quantitative estimate of drug-likeness (QED) is 0.543. The van der Waals surface area contributed by atoms with Crippen LogP contribution in [0.2, 0.25) is 10.0 Å². The van der Waals surface area contributed by atoms with Gasteiger partial charge in [0.1, 0.15) is 11.8 Å². The average molecular weight is 477 g/mol. The Bertz CT molecular complexity index is 945. The molecule has 0 radical (unpaired) electrons. The zero-order valence-electron chi connectivity index (χ0n) is 18.6. The minimum absolute atomic E-state index is 0.161. The maximum absolute atomic E-state index is 13.2. The van der Waals surface area contributed by atoms with E-state index in [9.17, 15) is 9.59 Å². The highest BCUT2D eigenvalue weighted by atomic mass is 35.5. The first kappa shape index (κ1) is 24.4. The van der Waals surface area contributed by atoms with Crippen LogP contribution in [0, 0.1) is 6.92 Å². The standard InChI is InChI=1S/C25H30Cl2N2O3/c1-17-8-6-7-11-23(17)32-16-24(30)29(15-19-12-13-20(26)14-22(19)27)18(2)25(31)28-21-9-4-3-5-10-21/h6-8,11-14,18,21H,3-5,9-10,15-16H2,1-2H3,(H,28,31)/t18-/m0/s1. The number of carbonyl (C=O) groups is 2. The van der Waals surface area contributed by atoms with Crippen LogP contribution in [-0.4, -0.2) is 35.4 Å². The molecule has 1 fully saturated rings. The van der Waals surface area contributed by atoms with Crippen molar-refractivity contribution < 1.29 is 14.3 Å². The third kappa shape index (κ3) is 6.63. The van der Waals surface area contributed by atoms with Crippen LogP contribution in [-0.2, 0) is 16.1 Å². The molecule has 5 nitrogen and oxygen atoms in total. The fourth-order valence-corrected chi connectivity index (χ4v) is 4.39. The second-order valence-corrected chi connectivity index (χ2v) is 9.17. The molecular formula is C25H30Cl2N2O3. The zero-order valence-corrected chi connectivity index (χ0v) is 20.1. The summed E-state index contributed by atoms with van der Waals surface area (Å²) in [7, 11) is 0. The second kappa shape index (κ2) is 11.6. The van der Waals surface area contributed by atoms with Gasteiger partial charge in [-0.1, -0.05) is 66.7 Å². The average Bonchev–Trinajstić information content (AvgIpc) is 2.78. The van der Waals surface area contributed by atoms with E-state index in [1.165, 1.54) is 11.3 Å². The number of para-hydroxylation sites is 1. The van der Waals surface area contributed by atoms with Crippen molar-refractivity contribution in [2.24, 2.45) is 0 Å². The van der Waals surface area contributed by atoms with Crippen LogP contribution in [0.1, 0.15) is 50.2 Å². The molecule has 2 amide bonds. The molecule has 1 atom stereocenters. The Kier molecular flexibility index (Phi) is 8.83. The van der Waals surface area contributed by atoms with Gasteiger partial charge in [-0.05, 0) is 56.0 Å². The molecule has 1 N–H and O–H groups in total. The third-order valence-electron chi connectivity index (χ3n) is 5.92. The van der Waals surface area contributed by atoms with E-state index in [-0.39, 0.29) is 31.0 Å². The van der Waals surface area contributed by atoms with Crippen LogP contribution in [0.15, 0.2) is 42.5 Å². The Morgan fingerprint density at radius 1 is 1.12 bits per heavy atom. The highest BCUT2D eigenvalue weighted by molar-refractivity contribution is 6.35. The van der Waals surface area contributed by atoms with Crippen LogP contribution >= 0.6 is 23.2 Å². The summed E-state index contributed by atoms with van der Waals surface area (Å²) in [5.74, 6) is 0.196. The number of rotatable bonds is 8. The van der Waals surface area contributed by atoms with Crippen LogP contribution in [0.5, 0.6) is 5.75 Å². The Morgan fingerprint density at radius 2 is 1.84 bits per heavy atom. The smallest absolute Gasteiger partial charge is 0.261 e. The molecule has 0 aromatic heterocycles. The van der Waals surface area contributed by atoms with Gasteiger partial charge in [0.2, 0.25) is 5.91 Å². The molecule has 0 aliphatic heterocycles. The van der Waals surface area contributed by atoms with E-state index in [2.05, 4.69) is 5.32 Å². The monoisotopic (exact) mass is 476 g/mol. The van der Waals surface area contributed by atoms with E-state index in [4.69, 9.17) is 27.9 Å². The van der Waals surface area contributed by atoms with Crippen molar-refractivity contribution in [3.63, 3.8) is 0 Å². The molecule has 0 saturated heterocycles. The number of carbonyl (C=O) groups excluding carboxylic acids is 2. The number of benzene rings is 2. The van der Waals surface area contributed by atoms with Crippen molar-refractivity contribution in [3.05, 3.63) is 63.6 Å². The molecule has 2 aromatic carbocycles. The highest BCUT2D eigenvalue weighted by Crippen LogP contribution is 2.24. The summed E-state index contributed by atoms with van der Waals surface area (Å²) in [5.41, 5.74) is 1.66. The predicted octanol–water partition coefficient (Wildman–Crippen LogP) is 5.55. The number of nitrogens with zero attached hydrogens (tertiary/aromatic N) is 1. The number of hydrogen-bond donors (Lipinski definition) is 1. The van der Waals surface area contributed by atoms with Crippen molar-refractivity contribution in [1.29, 1.82) is 0 Å². The van der Waals surface area contributed by atoms with E-state index >= 15 is 0 Å². The number of amides is 2. The van der Waals surface area contributed by atoms with Crippen molar-refractivity contribution in [2.45, 2.75) is 64.6 Å². The van der Waals surface area contributed by atoms with Gasteiger partial charge in [0.15, 0.2) is 6.61 Å². The van der Waals surface area contributed by atoms with E-state index < -0.39 is 6.04 Å². The molecule has 1 aliphatic carbocycles. The van der Waals surface area contributed by atoms with E-state index in [0.717, 1.165) is 36.8 Å². The first-order chi connectivity index (χ1) is 15.3. The van der Waals surface area contributed by atoms with Gasteiger partial charge >= 0.3 is 0 Å². The Labute approximate surface area is 200 Å². The molecule has 0 bridgehead atoms. The lowest BCUT2D eigenvalue weighted by atomic mass is 9.95. The summed E-state index contributed by atoms with van der Waals surface area (Å²) in [6, 6.07) is 12.1. The Morgan fingerprint density at radius 3 is 2.53 bits per heavy atom. The molecule has 0 spiro atoms. The first-order valence-corrected chi connectivity index (χ1v) is 11.8. The van der Waals surface area contributed by atoms with Crippen molar-refractivity contribution >= 4 is 35.0 Å². The summed E-state index contributed by atoms with van der Waals surface area (Å²) >= 11 is 12.4. The van der Waals surface area contributed by atoms with Crippen LogP contribution in [0.25, 0.3) is 0 Å². The highest BCUT2D eigenvalue weighted by Gasteiger charge is 2.29. The third-order valence-corrected chi connectivity index (χ3v) is 6.51. The molecule has 1 saturated carbocycles. The number of halogens is 2. The molecule has 0 heterocycles. The maximum Gasteiger partial charge on any atom is 0.261 e. The number of hydrogen-bond acceptors (Lipinski definition) is 3. The number of ether oxygens (including phenoxy) is 1. The molecule has 3 rings (SSSR count). The van der Waals surface area contributed by atoms with E-state index in [1.807, 2.05) is 31.2 Å². The predicted molar refractivity (Wildman–Crippen MR) is 128 cm³/mol. The SMILES string of the molecule is Cc1ccccc1OCC(=O)N(Cc1ccc(Cl)cc1Cl)[C@@H](C)C(=O)NC1CCCCC1. The van der Waals surface area contributed by atoms with Crippen LogP contribution < -0.4 is 10.1 Å². The summed E-state index contributed by atoms with van der Waals surface area (Å²) in [6.45, 7) is 3.68. The van der Waals surface area contributed by atoms with Crippen molar-refractivity contribution in [2.75, 3.05) is 6.61 Å². The van der Waals surface area contributed by atoms with Gasteiger partial charge in [-0.2, -0.15) is 0 Å². The molecule has 0 unspecified atom stereocenters. The minimum Gasteiger partial charge on any atom is -0.484 e.